The normalized spacial score (nSPS) is 15.0. The van der Waals surface area contributed by atoms with Gasteiger partial charge in [0, 0.05) is 50.9 Å². The van der Waals surface area contributed by atoms with Crippen molar-refractivity contribution in [1.29, 1.82) is 0 Å². The monoisotopic (exact) mass is 359 g/mol. The van der Waals surface area contributed by atoms with E-state index in [4.69, 9.17) is 0 Å². The van der Waals surface area contributed by atoms with Crippen LogP contribution in [0.3, 0.4) is 0 Å². The number of carbonyl (C=O) groups is 2. The summed E-state index contributed by atoms with van der Waals surface area (Å²) >= 11 is 0. The molecule has 1 aromatic carbocycles. The van der Waals surface area contributed by atoms with Crippen molar-refractivity contribution in [1.82, 2.24) is 4.90 Å². The first kappa shape index (κ1) is 20.3. The van der Waals surface area contributed by atoms with Crippen LogP contribution >= 0.6 is 0 Å². The van der Waals surface area contributed by atoms with E-state index in [1.54, 1.807) is 6.92 Å². The Balaban J connectivity index is 2.28. The molecule has 2 amide bonds. The minimum Gasteiger partial charge on any atom is -0.377 e. The number of nitrogens with zero attached hydrogens (tertiary/aromatic N) is 2. The highest BCUT2D eigenvalue weighted by atomic mass is 16.2. The van der Waals surface area contributed by atoms with Gasteiger partial charge in [0.05, 0.1) is 0 Å². The summed E-state index contributed by atoms with van der Waals surface area (Å²) in [6.07, 6.45) is 5.82. The first-order chi connectivity index (χ1) is 12.3. The molecule has 0 aliphatic heterocycles. The maximum absolute atomic E-state index is 12.3. The molecule has 144 valence electrons. The van der Waals surface area contributed by atoms with Crippen LogP contribution in [0.5, 0.6) is 0 Å². The van der Waals surface area contributed by atoms with Gasteiger partial charge in [0.25, 0.3) is 0 Å². The zero-order valence-electron chi connectivity index (χ0n) is 16.8. The molecule has 0 atom stereocenters. The standard InChI is InChI=1S/C21H33N3O2/c1-15(2)21(26)22-18-11-12-20(23(4)5)17(13-18)14-24(16(3)25)19-9-7-6-8-10-19/h11-13,15,19H,6-10,14H2,1-5H3,(H,22,26). The van der Waals surface area contributed by atoms with Gasteiger partial charge in [-0.15, -0.1) is 0 Å². The fourth-order valence-corrected chi connectivity index (χ4v) is 3.59. The van der Waals surface area contributed by atoms with Crippen LogP contribution in [0.2, 0.25) is 0 Å². The minimum absolute atomic E-state index is 0.00394. The van der Waals surface area contributed by atoms with Gasteiger partial charge in [-0.25, -0.2) is 0 Å². The summed E-state index contributed by atoms with van der Waals surface area (Å²) < 4.78 is 0. The lowest BCUT2D eigenvalue weighted by atomic mass is 9.93. The molecule has 1 aliphatic rings. The molecule has 1 saturated carbocycles. The Labute approximate surface area is 157 Å². The van der Waals surface area contributed by atoms with E-state index in [2.05, 4.69) is 10.2 Å². The van der Waals surface area contributed by atoms with Gasteiger partial charge in [-0.05, 0) is 36.6 Å². The molecule has 1 aliphatic carbocycles. The predicted molar refractivity (Wildman–Crippen MR) is 107 cm³/mol. The molecule has 0 unspecified atom stereocenters. The molecule has 1 N–H and O–H groups in total. The number of amides is 2. The molecule has 26 heavy (non-hydrogen) atoms. The number of benzene rings is 1. The number of hydrogen-bond donors (Lipinski definition) is 1. The quantitative estimate of drug-likeness (QED) is 0.834. The number of rotatable bonds is 6. The molecule has 1 aromatic rings. The summed E-state index contributed by atoms with van der Waals surface area (Å²) in [5.41, 5.74) is 2.93. The van der Waals surface area contributed by atoms with Crippen LogP contribution in [0, 0.1) is 5.92 Å². The van der Waals surface area contributed by atoms with E-state index < -0.39 is 0 Å². The summed E-state index contributed by atoms with van der Waals surface area (Å²) in [5.74, 6) is 0.0606. The highest BCUT2D eigenvalue weighted by Crippen LogP contribution is 2.29. The van der Waals surface area contributed by atoms with Gasteiger partial charge in [0.15, 0.2) is 0 Å². The summed E-state index contributed by atoms with van der Waals surface area (Å²) in [5, 5.41) is 2.97. The summed E-state index contributed by atoms with van der Waals surface area (Å²) in [4.78, 5) is 28.4. The van der Waals surface area contributed by atoms with Crippen molar-refractivity contribution < 1.29 is 9.59 Å². The van der Waals surface area contributed by atoms with Crippen molar-refractivity contribution >= 4 is 23.2 Å². The summed E-state index contributed by atoms with van der Waals surface area (Å²) in [7, 11) is 4.01. The zero-order valence-corrected chi connectivity index (χ0v) is 16.8. The average molecular weight is 360 g/mol. The maximum Gasteiger partial charge on any atom is 0.226 e. The molecule has 0 saturated heterocycles. The molecular weight excluding hydrogens is 326 g/mol. The first-order valence-corrected chi connectivity index (χ1v) is 9.68. The first-order valence-electron chi connectivity index (χ1n) is 9.68. The molecule has 5 nitrogen and oxygen atoms in total. The maximum atomic E-state index is 12.3. The third-order valence-corrected chi connectivity index (χ3v) is 5.11. The van der Waals surface area contributed by atoms with Crippen LogP contribution in [0.15, 0.2) is 18.2 Å². The molecule has 0 bridgehead atoms. The average Bonchev–Trinajstić information content (AvgIpc) is 2.60. The summed E-state index contributed by atoms with van der Waals surface area (Å²) in [6.45, 7) is 6.00. The van der Waals surface area contributed by atoms with Crippen LogP contribution in [-0.2, 0) is 16.1 Å². The Hall–Kier alpha value is -2.04. The van der Waals surface area contributed by atoms with Crippen LogP contribution < -0.4 is 10.2 Å². The Bertz CT molecular complexity index is 634. The number of nitrogens with one attached hydrogen (secondary N) is 1. The predicted octanol–water partition coefficient (Wildman–Crippen LogP) is 4.03. The highest BCUT2D eigenvalue weighted by Gasteiger charge is 2.24. The number of hydrogen-bond acceptors (Lipinski definition) is 3. The van der Waals surface area contributed by atoms with Gasteiger partial charge in [-0.3, -0.25) is 9.59 Å². The second kappa shape index (κ2) is 9.06. The van der Waals surface area contributed by atoms with E-state index in [1.807, 2.05) is 51.0 Å². The second-order valence-electron chi connectivity index (χ2n) is 7.82. The van der Waals surface area contributed by atoms with Crippen molar-refractivity contribution in [2.75, 3.05) is 24.3 Å². The minimum atomic E-state index is -0.0667. The van der Waals surface area contributed by atoms with E-state index in [0.717, 1.165) is 29.8 Å². The lowest BCUT2D eigenvalue weighted by Crippen LogP contribution is -2.39. The van der Waals surface area contributed by atoms with E-state index in [1.165, 1.54) is 19.3 Å². The second-order valence-corrected chi connectivity index (χ2v) is 7.82. The third kappa shape index (κ3) is 5.23. The largest absolute Gasteiger partial charge is 0.377 e. The van der Waals surface area contributed by atoms with Gasteiger partial charge in [-0.1, -0.05) is 33.1 Å². The molecule has 1 fully saturated rings. The lowest BCUT2D eigenvalue weighted by Gasteiger charge is -2.34. The van der Waals surface area contributed by atoms with Gasteiger partial charge in [0.1, 0.15) is 0 Å². The van der Waals surface area contributed by atoms with Crippen LogP contribution in [-0.4, -0.2) is 36.9 Å². The topological polar surface area (TPSA) is 52.7 Å². The molecule has 0 spiro atoms. The molecule has 0 radical (unpaired) electrons. The van der Waals surface area contributed by atoms with Crippen LogP contribution in [0.25, 0.3) is 0 Å². The van der Waals surface area contributed by atoms with Crippen LogP contribution in [0.4, 0.5) is 11.4 Å². The Morgan fingerprint density at radius 3 is 2.35 bits per heavy atom. The molecule has 5 heteroatoms. The molecule has 0 heterocycles. The fourth-order valence-electron chi connectivity index (χ4n) is 3.59. The third-order valence-electron chi connectivity index (χ3n) is 5.11. The van der Waals surface area contributed by atoms with Gasteiger partial charge < -0.3 is 15.1 Å². The summed E-state index contributed by atoms with van der Waals surface area (Å²) in [6, 6.07) is 6.28. The van der Waals surface area contributed by atoms with E-state index in [-0.39, 0.29) is 17.7 Å². The smallest absolute Gasteiger partial charge is 0.226 e. The van der Waals surface area contributed by atoms with Gasteiger partial charge >= 0.3 is 0 Å². The van der Waals surface area contributed by atoms with Crippen LogP contribution in [0.1, 0.15) is 58.4 Å². The molecule has 2 rings (SSSR count). The SMILES string of the molecule is CC(=O)N(Cc1cc(NC(=O)C(C)C)ccc1N(C)C)C1CCCCC1. The van der Waals surface area contributed by atoms with E-state index >= 15 is 0 Å². The van der Waals surface area contributed by atoms with Gasteiger partial charge in [0.2, 0.25) is 11.8 Å². The number of carbonyl (C=O) groups excluding carboxylic acids is 2. The van der Waals surface area contributed by atoms with Crippen molar-refractivity contribution in [3.63, 3.8) is 0 Å². The highest BCUT2D eigenvalue weighted by molar-refractivity contribution is 5.92. The Kier molecular flexibility index (Phi) is 7.06. The van der Waals surface area contributed by atoms with E-state index in [0.29, 0.717) is 12.6 Å². The number of anilines is 2. The van der Waals surface area contributed by atoms with Gasteiger partial charge in [-0.2, -0.15) is 0 Å². The van der Waals surface area contributed by atoms with Crippen molar-refractivity contribution in [2.45, 2.75) is 65.5 Å². The van der Waals surface area contributed by atoms with Crippen molar-refractivity contribution in [2.24, 2.45) is 5.92 Å². The Morgan fingerprint density at radius 1 is 1.15 bits per heavy atom. The molecule has 0 aromatic heterocycles. The molecular formula is C21H33N3O2. The van der Waals surface area contributed by atoms with E-state index in [9.17, 15) is 9.59 Å². The lowest BCUT2D eigenvalue weighted by molar-refractivity contribution is -0.132. The van der Waals surface area contributed by atoms with Crippen molar-refractivity contribution in [3.05, 3.63) is 23.8 Å². The zero-order chi connectivity index (χ0) is 19.3. The fraction of sp³-hybridized carbons (Fsp3) is 0.619. The Morgan fingerprint density at radius 2 is 1.81 bits per heavy atom. The van der Waals surface area contributed by atoms with Crippen molar-refractivity contribution in [3.8, 4) is 0 Å².